The Morgan fingerprint density at radius 3 is 2.54 bits per heavy atom. The maximum Gasteiger partial charge on any atom is 0.347 e. The van der Waals surface area contributed by atoms with Crippen molar-refractivity contribution in [3.8, 4) is 5.75 Å². The number of hydrogen-bond donors (Lipinski definition) is 0. The molecule has 0 radical (unpaired) electrons. The van der Waals surface area contributed by atoms with Gasteiger partial charge in [-0.15, -0.1) is 0 Å². The van der Waals surface area contributed by atoms with E-state index in [1.165, 1.54) is 6.21 Å². The summed E-state index contributed by atoms with van der Waals surface area (Å²) in [6, 6.07) is 12.2. The van der Waals surface area contributed by atoms with Crippen LogP contribution in [0, 0.1) is 0 Å². The number of rotatable bonds is 7. The van der Waals surface area contributed by atoms with Crippen LogP contribution in [-0.4, -0.2) is 25.9 Å². The third-order valence-electron chi connectivity index (χ3n) is 2.96. The molecule has 0 amide bonds. The molecule has 126 valence electrons. The average Bonchev–Trinajstić information content (AvgIpc) is 2.60. The topological polar surface area (TPSA) is 57.1 Å². The fourth-order valence-electron chi connectivity index (χ4n) is 1.71. The molecule has 0 aliphatic carbocycles. The van der Waals surface area contributed by atoms with Crippen LogP contribution in [0.3, 0.4) is 0 Å². The highest BCUT2D eigenvalue weighted by atomic mass is 35.5. The zero-order chi connectivity index (χ0) is 17.4. The zero-order valence-corrected chi connectivity index (χ0v) is 14.4. The van der Waals surface area contributed by atoms with Crippen molar-refractivity contribution in [1.29, 1.82) is 0 Å². The number of ether oxygens (including phenoxy) is 2. The highest BCUT2D eigenvalue weighted by Gasteiger charge is 2.05. The minimum Gasteiger partial charge on any atom is -0.497 e. The van der Waals surface area contributed by atoms with Crippen molar-refractivity contribution in [3.05, 3.63) is 63.6 Å². The summed E-state index contributed by atoms with van der Waals surface area (Å²) in [7, 11) is 1.59. The van der Waals surface area contributed by atoms with Crippen LogP contribution in [0.1, 0.15) is 11.1 Å². The SMILES string of the molecule is COc1ccc(/C=N\OCC(=O)OCc2ccc(Cl)c(Cl)c2)cc1. The van der Waals surface area contributed by atoms with Crippen molar-refractivity contribution in [2.24, 2.45) is 5.16 Å². The zero-order valence-electron chi connectivity index (χ0n) is 12.9. The van der Waals surface area contributed by atoms with Crippen molar-refractivity contribution in [2.75, 3.05) is 13.7 Å². The molecule has 24 heavy (non-hydrogen) atoms. The van der Waals surface area contributed by atoms with Gasteiger partial charge in [0.15, 0.2) is 0 Å². The van der Waals surface area contributed by atoms with Gasteiger partial charge in [-0.05, 0) is 47.5 Å². The second kappa shape index (κ2) is 9.15. The molecule has 0 fully saturated rings. The van der Waals surface area contributed by atoms with Crippen molar-refractivity contribution in [3.63, 3.8) is 0 Å². The molecule has 0 unspecified atom stereocenters. The van der Waals surface area contributed by atoms with Crippen LogP contribution in [0.4, 0.5) is 0 Å². The number of halogens is 2. The van der Waals surface area contributed by atoms with Gasteiger partial charge in [0, 0.05) is 0 Å². The molecule has 2 rings (SSSR count). The summed E-state index contributed by atoms with van der Waals surface area (Å²) in [6.45, 7) is -0.199. The van der Waals surface area contributed by atoms with Gasteiger partial charge in [-0.1, -0.05) is 34.4 Å². The molecule has 0 heterocycles. The average molecular weight is 368 g/mol. The molecule has 2 aromatic rings. The minimum atomic E-state index is -0.534. The Bertz CT molecular complexity index is 717. The van der Waals surface area contributed by atoms with Gasteiger partial charge in [0.05, 0.1) is 23.4 Å². The Balaban J connectivity index is 1.72. The number of nitrogens with zero attached hydrogens (tertiary/aromatic N) is 1. The van der Waals surface area contributed by atoms with Gasteiger partial charge in [-0.2, -0.15) is 0 Å². The molecule has 0 spiro atoms. The number of methoxy groups -OCH3 is 1. The summed E-state index contributed by atoms with van der Waals surface area (Å²) in [4.78, 5) is 16.5. The molecular weight excluding hydrogens is 353 g/mol. The standard InChI is InChI=1S/C17H15Cl2NO4/c1-22-14-5-2-12(3-6-14)9-20-24-11-17(21)23-10-13-4-7-15(18)16(19)8-13/h2-9H,10-11H2,1H3/b20-9-. The normalized spacial score (nSPS) is 10.6. The molecule has 0 aromatic heterocycles. The molecule has 5 nitrogen and oxygen atoms in total. The summed E-state index contributed by atoms with van der Waals surface area (Å²) < 4.78 is 10.1. The Morgan fingerprint density at radius 2 is 1.88 bits per heavy atom. The van der Waals surface area contributed by atoms with E-state index in [1.54, 1.807) is 37.4 Å². The number of esters is 1. The predicted octanol–water partition coefficient (Wildman–Crippen LogP) is 4.10. The lowest BCUT2D eigenvalue weighted by Gasteiger charge is -2.05. The van der Waals surface area contributed by atoms with Gasteiger partial charge in [-0.3, -0.25) is 0 Å². The van der Waals surface area contributed by atoms with E-state index in [1.807, 2.05) is 12.1 Å². The van der Waals surface area contributed by atoms with E-state index < -0.39 is 5.97 Å². The number of hydrogen-bond acceptors (Lipinski definition) is 5. The first kappa shape index (κ1) is 18.1. The monoisotopic (exact) mass is 367 g/mol. The first-order chi connectivity index (χ1) is 11.6. The smallest absolute Gasteiger partial charge is 0.347 e. The van der Waals surface area contributed by atoms with E-state index in [0.717, 1.165) is 16.9 Å². The Morgan fingerprint density at radius 1 is 1.12 bits per heavy atom. The number of benzene rings is 2. The van der Waals surface area contributed by atoms with E-state index in [9.17, 15) is 4.79 Å². The van der Waals surface area contributed by atoms with E-state index >= 15 is 0 Å². The molecule has 0 N–H and O–H groups in total. The summed E-state index contributed by atoms with van der Waals surface area (Å²) in [5, 5.41) is 4.57. The fourth-order valence-corrected chi connectivity index (χ4v) is 2.03. The Hall–Kier alpha value is -2.24. The highest BCUT2D eigenvalue weighted by molar-refractivity contribution is 6.42. The van der Waals surface area contributed by atoms with E-state index in [-0.39, 0.29) is 13.2 Å². The van der Waals surface area contributed by atoms with Gasteiger partial charge in [0.25, 0.3) is 0 Å². The van der Waals surface area contributed by atoms with Gasteiger partial charge in [0.1, 0.15) is 12.4 Å². The molecular formula is C17H15Cl2NO4. The third kappa shape index (κ3) is 5.76. The summed E-state index contributed by atoms with van der Waals surface area (Å²) in [5.74, 6) is 0.215. The van der Waals surface area contributed by atoms with Crippen LogP contribution in [0.25, 0.3) is 0 Å². The van der Waals surface area contributed by atoms with Gasteiger partial charge < -0.3 is 14.3 Å². The van der Waals surface area contributed by atoms with Crippen LogP contribution in [0.15, 0.2) is 47.6 Å². The number of carbonyl (C=O) groups excluding carboxylic acids is 1. The van der Waals surface area contributed by atoms with Crippen LogP contribution >= 0.6 is 23.2 Å². The molecule has 0 saturated heterocycles. The lowest BCUT2D eigenvalue weighted by atomic mass is 10.2. The van der Waals surface area contributed by atoms with Crippen LogP contribution in [-0.2, 0) is 21.0 Å². The Labute approximate surface area is 149 Å². The van der Waals surface area contributed by atoms with Crippen LogP contribution in [0.5, 0.6) is 5.75 Å². The maximum atomic E-state index is 11.6. The molecule has 2 aromatic carbocycles. The first-order valence-electron chi connectivity index (χ1n) is 6.97. The van der Waals surface area contributed by atoms with Crippen molar-refractivity contribution < 1.29 is 19.1 Å². The molecule has 0 saturated carbocycles. The largest absolute Gasteiger partial charge is 0.497 e. The second-order valence-electron chi connectivity index (χ2n) is 4.69. The number of oxime groups is 1. The second-order valence-corrected chi connectivity index (χ2v) is 5.50. The molecule has 7 heteroatoms. The van der Waals surface area contributed by atoms with Crippen LogP contribution < -0.4 is 4.74 Å². The first-order valence-corrected chi connectivity index (χ1v) is 7.73. The quantitative estimate of drug-likeness (QED) is 0.420. The maximum absolute atomic E-state index is 11.6. The minimum absolute atomic E-state index is 0.0846. The molecule has 0 bridgehead atoms. The van der Waals surface area contributed by atoms with E-state index in [4.69, 9.17) is 37.5 Å². The lowest BCUT2D eigenvalue weighted by molar-refractivity contribution is -0.150. The van der Waals surface area contributed by atoms with Crippen molar-refractivity contribution >= 4 is 35.4 Å². The fraction of sp³-hybridized carbons (Fsp3) is 0.176. The summed E-state index contributed by atoms with van der Waals surface area (Å²) >= 11 is 11.7. The molecule has 0 aliphatic heterocycles. The predicted molar refractivity (Wildman–Crippen MR) is 92.8 cm³/mol. The Kier molecular flexibility index (Phi) is 6.90. The van der Waals surface area contributed by atoms with Gasteiger partial charge in [0.2, 0.25) is 6.61 Å². The van der Waals surface area contributed by atoms with Crippen LogP contribution in [0.2, 0.25) is 10.0 Å². The van der Waals surface area contributed by atoms with E-state index in [2.05, 4.69) is 5.16 Å². The summed E-state index contributed by atoms with van der Waals surface area (Å²) in [5.41, 5.74) is 1.56. The highest BCUT2D eigenvalue weighted by Crippen LogP contribution is 2.22. The van der Waals surface area contributed by atoms with Gasteiger partial charge >= 0.3 is 5.97 Å². The summed E-state index contributed by atoms with van der Waals surface area (Å²) in [6.07, 6.45) is 1.49. The lowest BCUT2D eigenvalue weighted by Crippen LogP contribution is -2.10. The van der Waals surface area contributed by atoms with Gasteiger partial charge in [-0.25, -0.2) is 4.79 Å². The van der Waals surface area contributed by atoms with Crippen molar-refractivity contribution in [1.82, 2.24) is 0 Å². The molecule has 0 atom stereocenters. The van der Waals surface area contributed by atoms with Crippen molar-refractivity contribution in [2.45, 2.75) is 6.61 Å². The third-order valence-corrected chi connectivity index (χ3v) is 3.70. The van der Waals surface area contributed by atoms with E-state index in [0.29, 0.717) is 10.0 Å². The number of carbonyl (C=O) groups is 1. The molecule has 0 aliphatic rings.